The molecule has 1 unspecified atom stereocenters. The zero-order valence-corrected chi connectivity index (χ0v) is 24.7. The number of Topliss-reactive ketones (excluding diaryl/α,β-unsaturated/α-hetero) is 1. The molecular formula is C33H44N2O6. The van der Waals surface area contributed by atoms with E-state index in [1.54, 1.807) is 23.1 Å². The van der Waals surface area contributed by atoms with Gasteiger partial charge in [-0.15, -0.1) is 0 Å². The minimum absolute atomic E-state index is 0.111. The zero-order valence-electron chi connectivity index (χ0n) is 24.7. The monoisotopic (exact) mass is 564 g/mol. The number of likely N-dealkylation sites (tertiary alicyclic amines) is 1. The lowest BCUT2D eigenvalue weighted by Gasteiger charge is -2.29. The second kappa shape index (κ2) is 15.0. The average molecular weight is 565 g/mol. The number of morpholine rings is 1. The molecule has 2 heterocycles. The fourth-order valence-corrected chi connectivity index (χ4v) is 5.36. The number of carbonyl (C=O) groups excluding carboxylic acids is 2. The maximum Gasteiger partial charge on any atom is 0.295 e. The SMILES string of the molecule is CCCCCOc1ccc(C2/C(=C(\O)c3ccc(OCCC)c(C)c3)C(=O)C(=O)N2CCCN2CCOCC2)cc1. The standard InChI is InChI=1S/C33H44N2O6/c1-4-6-7-20-40-27-12-9-25(10-13-27)30-29(31(36)26-11-14-28(24(3)23-26)41-19-5-2)32(37)33(38)35(30)16-8-15-34-17-21-39-22-18-34/h9-14,23,30,36H,4-8,15-22H2,1-3H3/b31-29+. The van der Waals surface area contributed by atoms with E-state index in [1.807, 2.05) is 38.1 Å². The van der Waals surface area contributed by atoms with Gasteiger partial charge in [-0.25, -0.2) is 0 Å². The third kappa shape index (κ3) is 7.68. The van der Waals surface area contributed by atoms with Crippen LogP contribution < -0.4 is 9.47 Å². The van der Waals surface area contributed by atoms with Crippen LogP contribution in [0.5, 0.6) is 11.5 Å². The van der Waals surface area contributed by atoms with Crippen LogP contribution in [0.2, 0.25) is 0 Å². The minimum Gasteiger partial charge on any atom is -0.507 e. The lowest BCUT2D eigenvalue weighted by Crippen LogP contribution is -2.38. The number of aliphatic hydroxyl groups is 1. The topological polar surface area (TPSA) is 88.5 Å². The van der Waals surface area contributed by atoms with E-state index in [-0.39, 0.29) is 11.3 Å². The average Bonchev–Trinajstić information content (AvgIpc) is 3.24. The van der Waals surface area contributed by atoms with Crippen molar-refractivity contribution < 1.29 is 28.9 Å². The smallest absolute Gasteiger partial charge is 0.295 e. The van der Waals surface area contributed by atoms with Crippen molar-refractivity contribution in [1.82, 2.24) is 9.80 Å². The molecule has 0 radical (unpaired) electrons. The summed E-state index contributed by atoms with van der Waals surface area (Å²) in [5.41, 5.74) is 2.21. The largest absolute Gasteiger partial charge is 0.507 e. The van der Waals surface area contributed by atoms with E-state index in [0.29, 0.717) is 45.0 Å². The predicted octanol–water partition coefficient (Wildman–Crippen LogP) is 5.50. The Hall–Kier alpha value is -3.36. The Morgan fingerprint density at radius 1 is 0.927 bits per heavy atom. The van der Waals surface area contributed by atoms with Gasteiger partial charge in [-0.3, -0.25) is 14.5 Å². The van der Waals surface area contributed by atoms with Gasteiger partial charge >= 0.3 is 0 Å². The molecule has 0 aliphatic carbocycles. The molecule has 8 heteroatoms. The van der Waals surface area contributed by atoms with Crippen molar-refractivity contribution in [3.8, 4) is 11.5 Å². The van der Waals surface area contributed by atoms with Crippen LogP contribution >= 0.6 is 0 Å². The number of ketones is 1. The lowest BCUT2D eigenvalue weighted by atomic mass is 9.94. The van der Waals surface area contributed by atoms with Crippen LogP contribution in [0.15, 0.2) is 48.0 Å². The summed E-state index contributed by atoms with van der Waals surface area (Å²) < 4.78 is 17.1. The Morgan fingerprint density at radius 2 is 1.68 bits per heavy atom. The van der Waals surface area contributed by atoms with Crippen molar-refractivity contribution in [2.45, 2.75) is 58.9 Å². The molecule has 8 nitrogen and oxygen atoms in total. The molecule has 2 aliphatic heterocycles. The molecule has 2 aromatic rings. The molecule has 41 heavy (non-hydrogen) atoms. The highest BCUT2D eigenvalue weighted by Crippen LogP contribution is 2.40. The molecule has 2 saturated heterocycles. The Labute approximate surface area is 243 Å². The van der Waals surface area contributed by atoms with Crippen LogP contribution in [0.4, 0.5) is 0 Å². The number of unbranched alkanes of at least 4 members (excludes halogenated alkanes) is 2. The summed E-state index contributed by atoms with van der Waals surface area (Å²) in [7, 11) is 0. The second-order valence-corrected chi connectivity index (χ2v) is 10.8. The minimum atomic E-state index is -0.690. The van der Waals surface area contributed by atoms with E-state index in [4.69, 9.17) is 14.2 Å². The van der Waals surface area contributed by atoms with Crippen molar-refractivity contribution in [2.75, 3.05) is 52.6 Å². The number of aliphatic hydroxyl groups excluding tert-OH is 1. The van der Waals surface area contributed by atoms with E-state index in [1.165, 1.54) is 0 Å². The van der Waals surface area contributed by atoms with Crippen molar-refractivity contribution >= 4 is 17.4 Å². The number of hydrogen-bond acceptors (Lipinski definition) is 7. The highest BCUT2D eigenvalue weighted by Gasteiger charge is 2.45. The number of aryl methyl sites for hydroxylation is 1. The Kier molecular flexibility index (Phi) is 11.2. The second-order valence-electron chi connectivity index (χ2n) is 10.8. The first kappa shape index (κ1) is 30.6. The maximum atomic E-state index is 13.5. The van der Waals surface area contributed by atoms with Gasteiger partial charge in [0.2, 0.25) is 0 Å². The van der Waals surface area contributed by atoms with Gasteiger partial charge in [0.1, 0.15) is 17.3 Å². The van der Waals surface area contributed by atoms with Crippen molar-refractivity contribution in [2.24, 2.45) is 0 Å². The summed E-state index contributed by atoms with van der Waals surface area (Å²) >= 11 is 0. The molecule has 0 bridgehead atoms. The Bertz CT molecular complexity index is 1200. The molecule has 1 atom stereocenters. The van der Waals surface area contributed by atoms with Gasteiger partial charge < -0.3 is 24.2 Å². The lowest BCUT2D eigenvalue weighted by molar-refractivity contribution is -0.140. The molecule has 1 amide bonds. The third-order valence-corrected chi connectivity index (χ3v) is 7.64. The summed E-state index contributed by atoms with van der Waals surface area (Å²) in [6.45, 7) is 11.7. The quantitative estimate of drug-likeness (QED) is 0.140. The highest BCUT2D eigenvalue weighted by molar-refractivity contribution is 6.46. The van der Waals surface area contributed by atoms with E-state index >= 15 is 0 Å². The molecule has 2 fully saturated rings. The maximum absolute atomic E-state index is 13.5. The summed E-state index contributed by atoms with van der Waals surface area (Å²) in [6.07, 6.45) is 4.83. The first-order valence-electron chi connectivity index (χ1n) is 15.0. The number of hydrogen-bond donors (Lipinski definition) is 1. The highest BCUT2D eigenvalue weighted by atomic mass is 16.5. The molecule has 0 saturated carbocycles. The van der Waals surface area contributed by atoms with Crippen molar-refractivity contribution in [3.05, 3.63) is 64.7 Å². The number of carbonyl (C=O) groups is 2. The molecule has 0 aromatic heterocycles. The number of amides is 1. The molecule has 222 valence electrons. The Balaban J connectivity index is 1.62. The summed E-state index contributed by atoms with van der Waals surface area (Å²) in [4.78, 5) is 30.8. The first-order chi connectivity index (χ1) is 19.9. The summed E-state index contributed by atoms with van der Waals surface area (Å²) in [5.74, 6) is 0.0558. The Morgan fingerprint density at radius 3 is 2.37 bits per heavy atom. The summed E-state index contributed by atoms with van der Waals surface area (Å²) in [5, 5.41) is 11.5. The molecule has 2 aliphatic rings. The van der Waals surface area contributed by atoms with E-state index in [9.17, 15) is 14.7 Å². The van der Waals surface area contributed by atoms with E-state index < -0.39 is 17.7 Å². The molecule has 2 aromatic carbocycles. The van der Waals surface area contributed by atoms with Crippen LogP contribution in [0.25, 0.3) is 5.76 Å². The van der Waals surface area contributed by atoms with Gasteiger partial charge in [0.15, 0.2) is 0 Å². The number of benzene rings is 2. The fraction of sp³-hybridized carbons (Fsp3) is 0.515. The van der Waals surface area contributed by atoms with Gasteiger partial charge in [0.05, 0.1) is 38.0 Å². The zero-order chi connectivity index (χ0) is 29.2. The normalized spacial score (nSPS) is 19.1. The van der Waals surface area contributed by atoms with Crippen LogP contribution in [-0.4, -0.2) is 79.2 Å². The van der Waals surface area contributed by atoms with Crippen LogP contribution in [0.1, 0.15) is 68.7 Å². The van der Waals surface area contributed by atoms with Gasteiger partial charge in [-0.1, -0.05) is 38.8 Å². The number of nitrogens with zero attached hydrogens (tertiary/aromatic N) is 2. The number of ether oxygens (including phenoxy) is 3. The van der Waals surface area contributed by atoms with Gasteiger partial charge in [0, 0.05) is 31.7 Å². The van der Waals surface area contributed by atoms with Crippen LogP contribution in [-0.2, 0) is 14.3 Å². The van der Waals surface area contributed by atoms with E-state index in [2.05, 4.69) is 11.8 Å². The molecule has 4 rings (SSSR count). The molecular weight excluding hydrogens is 520 g/mol. The van der Waals surface area contributed by atoms with Crippen LogP contribution in [0, 0.1) is 6.92 Å². The van der Waals surface area contributed by atoms with Crippen molar-refractivity contribution in [1.29, 1.82) is 0 Å². The van der Waals surface area contributed by atoms with Crippen molar-refractivity contribution in [3.63, 3.8) is 0 Å². The first-order valence-corrected chi connectivity index (χ1v) is 15.0. The molecule has 0 spiro atoms. The number of rotatable bonds is 14. The summed E-state index contributed by atoms with van der Waals surface area (Å²) in [6, 6.07) is 12.2. The van der Waals surface area contributed by atoms with Gasteiger partial charge in [-0.05, 0) is 67.6 Å². The third-order valence-electron chi connectivity index (χ3n) is 7.64. The molecule has 1 N–H and O–H groups in total. The van der Waals surface area contributed by atoms with Crippen LogP contribution in [0.3, 0.4) is 0 Å². The predicted molar refractivity (Wildman–Crippen MR) is 159 cm³/mol. The fourth-order valence-electron chi connectivity index (χ4n) is 5.36. The van der Waals surface area contributed by atoms with E-state index in [0.717, 1.165) is 67.9 Å². The van der Waals surface area contributed by atoms with Gasteiger partial charge in [0.25, 0.3) is 11.7 Å². The van der Waals surface area contributed by atoms with Gasteiger partial charge in [-0.2, -0.15) is 0 Å².